The molecule has 0 aliphatic carbocycles. The third kappa shape index (κ3) is 12.5. The van der Waals surface area contributed by atoms with Gasteiger partial charge in [-0.2, -0.15) is 0 Å². The first kappa shape index (κ1) is 30.5. The van der Waals surface area contributed by atoms with Crippen molar-refractivity contribution in [1.82, 2.24) is 10.2 Å². The van der Waals surface area contributed by atoms with E-state index < -0.39 is 23.9 Å². The van der Waals surface area contributed by atoms with Crippen LogP contribution in [-0.2, 0) is 19.1 Å². The average Bonchev–Trinajstić information content (AvgIpc) is 2.82. The Labute approximate surface area is 202 Å². The summed E-state index contributed by atoms with van der Waals surface area (Å²) >= 11 is 0. The molecular formula is C25H38N4O5. The Morgan fingerprint density at radius 1 is 1.12 bits per heavy atom. The second-order valence-electron chi connectivity index (χ2n) is 7.74. The monoisotopic (exact) mass is 474 g/mol. The van der Waals surface area contributed by atoms with Gasteiger partial charge < -0.3 is 26.4 Å². The van der Waals surface area contributed by atoms with Gasteiger partial charge in [0.25, 0.3) is 0 Å². The number of nitrogens with one attached hydrogen (secondary N) is 1. The van der Waals surface area contributed by atoms with Crippen LogP contribution in [0.1, 0.15) is 52.1 Å². The summed E-state index contributed by atoms with van der Waals surface area (Å²) in [6.45, 7) is 8.31. The van der Waals surface area contributed by atoms with Gasteiger partial charge in [0.05, 0.1) is 20.2 Å². The molecule has 0 bridgehead atoms. The van der Waals surface area contributed by atoms with Gasteiger partial charge in [0, 0.05) is 13.0 Å². The number of rotatable bonds is 11. The van der Waals surface area contributed by atoms with E-state index in [1.54, 1.807) is 30.3 Å². The molecule has 5 N–H and O–H groups in total. The second kappa shape index (κ2) is 17.1. The van der Waals surface area contributed by atoms with E-state index in [0.717, 1.165) is 0 Å². The van der Waals surface area contributed by atoms with Gasteiger partial charge in [-0.1, -0.05) is 60.6 Å². The predicted octanol–water partition coefficient (Wildman–Crippen LogP) is 2.62. The minimum atomic E-state index is -0.931. The average molecular weight is 475 g/mol. The number of hydrogen-bond donors (Lipinski definition) is 3. The molecule has 0 radical (unpaired) electrons. The normalized spacial score (nSPS) is 11.0. The summed E-state index contributed by atoms with van der Waals surface area (Å²) in [5, 5.41) is 2.49. The molecule has 3 amide bonds. The zero-order valence-electron chi connectivity index (χ0n) is 20.8. The SMILES string of the molecule is CC(C)=C(C)/C=C\CC(=O)CN.CCCN(CC(N)=O)C(=O)[C@H](NC(=O)OC)c1ccccc1. The lowest BCUT2D eigenvalue weighted by atomic mass is 10.1. The Morgan fingerprint density at radius 3 is 2.21 bits per heavy atom. The second-order valence-corrected chi connectivity index (χ2v) is 7.74. The van der Waals surface area contributed by atoms with Crippen molar-refractivity contribution in [2.45, 2.75) is 46.6 Å². The molecule has 0 aromatic heterocycles. The standard InChI is InChI=1S/C15H21N3O4.C10H17NO/c1-3-9-18(10-12(16)19)14(20)13(17-15(21)22-2)11-7-5-4-6-8-11;1-8(2)9(3)5-4-6-10(12)7-11/h4-8,13H,3,9-10H2,1-2H3,(H2,16,19)(H,17,21);4-5H,6-7,11H2,1-3H3/b;5-4-/t13-;/m1./s1. The van der Waals surface area contributed by atoms with Crippen LogP contribution in [0.25, 0.3) is 0 Å². The number of amides is 3. The lowest BCUT2D eigenvalue weighted by molar-refractivity contribution is -0.137. The van der Waals surface area contributed by atoms with E-state index in [1.165, 1.54) is 23.2 Å². The summed E-state index contributed by atoms with van der Waals surface area (Å²) < 4.78 is 4.56. The topological polar surface area (TPSA) is 145 Å². The van der Waals surface area contributed by atoms with Gasteiger partial charge in [0.2, 0.25) is 11.8 Å². The Bertz CT molecular complexity index is 861. The summed E-state index contributed by atoms with van der Waals surface area (Å²) in [4.78, 5) is 47.4. The summed E-state index contributed by atoms with van der Waals surface area (Å²) in [7, 11) is 1.22. The van der Waals surface area contributed by atoms with Crippen LogP contribution in [0.5, 0.6) is 0 Å². The number of allylic oxidation sites excluding steroid dienone is 4. The van der Waals surface area contributed by atoms with E-state index in [9.17, 15) is 19.2 Å². The molecule has 0 saturated carbocycles. The molecule has 1 aromatic carbocycles. The number of Topliss-reactive ketones (excluding diaryl/α,β-unsaturated/α-hetero) is 1. The molecule has 1 atom stereocenters. The molecule has 34 heavy (non-hydrogen) atoms. The highest BCUT2D eigenvalue weighted by Crippen LogP contribution is 2.16. The number of ketones is 1. The maximum atomic E-state index is 12.7. The van der Waals surface area contributed by atoms with Crippen LogP contribution in [0.15, 0.2) is 53.6 Å². The van der Waals surface area contributed by atoms with Crippen LogP contribution in [0.2, 0.25) is 0 Å². The van der Waals surface area contributed by atoms with E-state index >= 15 is 0 Å². The van der Waals surface area contributed by atoms with Gasteiger partial charge in [0.15, 0.2) is 0 Å². The van der Waals surface area contributed by atoms with E-state index in [1.807, 2.05) is 39.8 Å². The fraction of sp³-hybridized carbons (Fsp3) is 0.440. The number of ether oxygens (including phenoxy) is 1. The fourth-order valence-corrected chi connectivity index (χ4v) is 2.63. The van der Waals surface area contributed by atoms with Crippen LogP contribution in [0.3, 0.4) is 0 Å². The maximum Gasteiger partial charge on any atom is 0.407 e. The number of benzene rings is 1. The molecule has 0 saturated heterocycles. The van der Waals surface area contributed by atoms with Crippen LogP contribution in [0, 0.1) is 0 Å². The molecule has 0 aliphatic rings. The quantitative estimate of drug-likeness (QED) is 0.420. The van der Waals surface area contributed by atoms with Crippen molar-refractivity contribution in [1.29, 1.82) is 0 Å². The molecule has 0 fully saturated rings. The lowest BCUT2D eigenvalue weighted by Crippen LogP contribution is -2.46. The van der Waals surface area contributed by atoms with Gasteiger partial charge in [-0.25, -0.2) is 4.79 Å². The van der Waals surface area contributed by atoms with Gasteiger partial charge in [-0.05, 0) is 32.8 Å². The highest BCUT2D eigenvalue weighted by molar-refractivity contribution is 5.90. The molecule has 0 spiro atoms. The summed E-state index contributed by atoms with van der Waals surface area (Å²) in [6, 6.07) is 7.81. The Morgan fingerprint density at radius 2 is 1.74 bits per heavy atom. The van der Waals surface area contributed by atoms with Crippen LogP contribution in [-0.4, -0.2) is 55.3 Å². The maximum absolute atomic E-state index is 12.7. The van der Waals surface area contributed by atoms with Crippen LogP contribution in [0.4, 0.5) is 4.79 Å². The van der Waals surface area contributed by atoms with Gasteiger partial charge in [0.1, 0.15) is 11.8 Å². The number of carbonyl (C=O) groups excluding carboxylic acids is 4. The number of nitrogens with two attached hydrogens (primary N) is 2. The highest BCUT2D eigenvalue weighted by atomic mass is 16.5. The van der Waals surface area contributed by atoms with E-state index in [2.05, 4.69) is 10.1 Å². The van der Waals surface area contributed by atoms with Crippen molar-refractivity contribution in [3.8, 4) is 0 Å². The van der Waals surface area contributed by atoms with Crippen molar-refractivity contribution in [2.75, 3.05) is 26.7 Å². The lowest BCUT2D eigenvalue weighted by Gasteiger charge is -2.26. The number of hydrogen-bond acceptors (Lipinski definition) is 6. The van der Waals surface area contributed by atoms with Crippen molar-refractivity contribution < 1.29 is 23.9 Å². The van der Waals surface area contributed by atoms with E-state index in [4.69, 9.17) is 11.5 Å². The Balaban J connectivity index is 0.000000770. The molecular weight excluding hydrogens is 436 g/mol. The minimum absolute atomic E-state index is 0.0767. The Kier molecular flexibility index (Phi) is 15.3. The largest absolute Gasteiger partial charge is 0.453 e. The fourth-order valence-electron chi connectivity index (χ4n) is 2.63. The molecule has 0 unspecified atom stereocenters. The van der Waals surface area contributed by atoms with Crippen molar-refractivity contribution in [3.05, 3.63) is 59.2 Å². The van der Waals surface area contributed by atoms with E-state index in [0.29, 0.717) is 24.9 Å². The summed E-state index contributed by atoms with van der Waals surface area (Å²) in [6.07, 6.45) is 4.21. The predicted molar refractivity (Wildman–Crippen MR) is 133 cm³/mol. The third-order valence-corrected chi connectivity index (χ3v) is 4.71. The molecule has 9 heteroatoms. The van der Waals surface area contributed by atoms with Gasteiger partial charge in [-0.15, -0.1) is 0 Å². The first-order valence-corrected chi connectivity index (χ1v) is 11.1. The van der Waals surface area contributed by atoms with Gasteiger partial charge in [-0.3, -0.25) is 14.4 Å². The molecule has 0 heterocycles. The molecule has 1 rings (SSSR count). The summed E-state index contributed by atoms with van der Waals surface area (Å²) in [5.41, 5.74) is 13.4. The zero-order chi connectivity index (χ0) is 26.1. The van der Waals surface area contributed by atoms with Crippen molar-refractivity contribution in [3.63, 3.8) is 0 Å². The first-order valence-electron chi connectivity index (χ1n) is 11.1. The highest BCUT2D eigenvalue weighted by Gasteiger charge is 2.28. The number of alkyl carbamates (subject to hydrolysis) is 1. The summed E-state index contributed by atoms with van der Waals surface area (Å²) in [5.74, 6) is -0.934. The molecule has 0 aliphatic heterocycles. The number of methoxy groups -OCH3 is 1. The zero-order valence-corrected chi connectivity index (χ0v) is 20.8. The molecule has 9 nitrogen and oxygen atoms in total. The Hall–Kier alpha value is -3.46. The van der Waals surface area contributed by atoms with Crippen LogP contribution < -0.4 is 16.8 Å². The first-order chi connectivity index (χ1) is 16.1. The number of primary amides is 1. The molecule has 1 aromatic rings. The number of nitrogens with zero attached hydrogens (tertiary/aromatic N) is 1. The van der Waals surface area contributed by atoms with E-state index in [-0.39, 0.29) is 18.9 Å². The van der Waals surface area contributed by atoms with Crippen molar-refractivity contribution in [2.24, 2.45) is 11.5 Å². The van der Waals surface area contributed by atoms with Gasteiger partial charge >= 0.3 is 6.09 Å². The number of carbonyl (C=O) groups is 4. The third-order valence-electron chi connectivity index (χ3n) is 4.71. The minimum Gasteiger partial charge on any atom is -0.453 e. The van der Waals surface area contributed by atoms with Crippen LogP contribution >= 0.6 is 0 Å². The molecule has 188 valence electrons. The smallest absolute Gasteiger partial charge is 0.407 e. The van der Waals surface area contributed by atoms with Crippen molar-refractivity contribution >= 4 is 23.7 Å².